The summed E-state index contributed by atoms with van der Waals surface area (Å²) in [6, 6.07) is 6.30. The maximum absolute atomic E-state index is 15.8. The molecule has 6 rings (SSSR count). The number of hydrogen-bond donors (Lipinski definition) is 0. The summed E-state index contributed by atoms with van der Waals surface area (Å²) in [6.45, 7) is 20.0. The lowest BCUT2D eigenvalue weighted by atomic mass is 9.98. The summed E-state index contributed by atoms with van der Waals surface area (Å²) in [7, 11) is -3.44. The molecule has 0 bridgehead atoms. The van der Waals surface area contributed by atoms with Crippen LogP contribution in [0.4, 0.5) is 13.2 Å². The highest BCUT2D eigenvalue weighted by Crippen LogP contribution is 2.41. The molecule has 0 N–H and O–H groups in total. The van der Waals surface area contributed by atoms with Crippen molar-refractivity contribution in [1.82, 2.24) is 9.55 Å². The quantitative estimate of drug-likeness (QED) is 0.146. The second-order valence-corrected chi connectivity index (χ2v) is 26.4. The molecular weight excluding hydrogens is 670 g/mol. The molecule has 0 amide bonds. The lowest BCUT2D eigenvalue weighted by molar-refractivity contribution is 0.00859. The first kappa shape index (κ1) is 36.3. The monoisotopic (exact) mass is 718 g/mol. The van der Waals surface area contributed by atoms with Crippen LogP contribution in [0.15, 0.2) is 30.3 Å². The number of aromatic nitrogens is 2. The highest BCUT2D eigenvalue weighted by atomic mass is 28.4. The third-order valence-corrected chi connectivity index (χ3v) is 16.3. The van der Waals surface area contributed by atoms with Crippen molar-refractivity contribution in [3.63, 3.8) is 0 Å². The molecule has 0 spiro atoms. The summed E-state index contributed by atoms with van der Waals surface area (Å²) in [5.74, 6) is -2.26. The van der Waals surface area contributed by atoms with Crippen LogP contribution in [0.25, 0.3) is 27.9 Å². The molecule has 1 aromatic carbocycles. The fraction of sp³-hybridized carbons (Fsp3) is 0.583. The Kier molecular flexibility index (Phi) is 10.3. The van der Waals surface area contributed by atoms with Gasteiger partial charge in [0.05, 0.1) is 49.1 Å². The molecule has 0 radical (unpaired) electrons. The van der Waals surface area contributed by atoms with Crippen molar-refractivity contribution < 1.29 is 41.3 Å². The number of nitrogens with zero attached hydrogens (tertiary/aromatic N) is 2. The molecule has 3 aliphatic heterocycles. The molecule has 0 unspecified atom stereocenters. The van der Waals surface area contributed by atoms with Gasteiger partial charge in [-0.3, -0.25) is 4.57 Å². The van der Waals surface area contributed by atoms with Crippen LogP contribution in [0, 0.1) is 17.5 Å². The summed E-state index contributed by atoms with van der Waals surface area (Å²) in [6.07, 6.45) is 1.03. The predicted molar refractivity (Wildman–Crippen MR) is 189 cm³/mol. The van der Waals surface area contributed by atoms with E-state index in [-0.39, 0.29) is 36.7 Å². The van der Waals surface area contributed by atoms with Crippen molar-refractivity contribution in [1.29, 1.82) is 0 Å². The predicted octanol–water partition coefficient (Wildman–Crippen LogP) is 8.17. The average molecular weight is 719 g/mol. The molecule has 8 nitrogen and oxygen atoms in total. The standard InChI is InChI=1S/C36H49F3N2O6Si2/c1-36(2,3)49(7,8)47-30-20-45-34-29(19-44-35(30)34)46-31-18-27-28(41(31)21-43-13-14-48(4,5)6)17-26(39)33(40-27)32-24(37)15-23(16-25(32)38)22-9-11-42-12-10-22/h9,15-18,29-30,34-35H,10-14,19-21H2,1-8H3/t29-,30-,34-,35-/m1/s1. The van der Waals surface area contributed by atoms with Crippen molar-refractivity contribution in [2.45, 2.75) is 102 Å². The van der Waals surface area contributed by atoms with Gasteiger partial charge in [-0.2, -0.15) is 0 Å². The van der Waals surface area contributed by atoms with E-state index in [1.54, 1.807) is 16.7 Å². The fourth-order valence-corrected chi connectivity index (χ4v) is 8.25. The summed E-state index contributed by atoms with van der Waals surface area (Å²) < 4.78 is 85.6. The van der Waals surface area contributed by atoms with Gasteiger partial charge in [0.15, 0.2) is 26.1 Å². The fourth-order valence-electron chi connectivity index (χ4n) is 6.19. The Morgan fingerprint density at radius 2 is 1.59 bits per heavy atom. The highest BCUT2D eigenvalue weighted by Gasteiger charge is 2.52. The summed E-state index contributed by atoms with van der Waals surface area (Å²) in [4.78, 5) is 4.46. The van der Waals surface area contributed by atoms with Gasteiger partial charge >= 0.3 is 0 Å². The lowest BCUT2D eigenvalue weighted by Gasteiger charge is -2.39. The van der Waals surface area contributed by atoms with Crippen molar-refractivity contribution >= 4 is 33.0 Å². The van der Waals surface area contributed by atoms with E-state index in [1.165, 1.54) is 18.2 Å². The molecule has 2 saturated heterocycles. The first-order valence-corrected chi connectivity index (χ1v) is 23.8. The first-order chi connectivity index (χ1) is 23.0. The number of hydrogen-bond acceptors (Lipinski definition) is 7. The molecule has 3 aromatic rings. The van der Waals surface area contributed by atoms with E-state index in [1.807, 2.05) is 0 Å². The Labute approximate surface area is 289 Å². The van der Waals surface area contributed by atoms with Crippen LogP contribution in [0.5, 0.6) is 5.88 Å². The smallest absolute Gasteiger partial charge is 0.198 e. The Hall–Kier alpha value is -2.53. The summed E-state index contributed by atoms with van der Waals surface area (Å²) >= 11 is 0. The number of rotatable bonds is 11. The molecule has 2 fully saturated rings. The van der Waals surface area contributed by atoms with Crippen LogP contribution in [0.3, 0.4) is 0 Å². The van der Waals surface area contributed by atoms with E-state index < -0.39 is 51.2 Å². The van der Waals surface area contributed by atoms with Crippen molar-refractivity contribution in [3.05, 3.63) is 53.4 Å². The normalized spacial score (nSPS) is 23.3. The molecule has 4 atom stereocenters. The minimum absolute atomic E-state index is 0.0351. The summed E-state index contributed by atoms with van der Waals surface area (Å²) in [5.41, 5.74) is 0.968. The van der Waals surface area contributed by atoms with Crippen LogP contribution < -0.4 is 4.74 Å². The van der Waals surface area contributed by atoms with E-state index in [0.717, 1.165) is 11.6 Å². The van der Waals surface area contributed by atoms with Crippen LogP contribution in [0.2, 0.25) is 43.8 Å². The van der Waals surface area contributed by atoms with Gasteiger partial charge in [-0.05, 0) is 53.9 Å². The third-order valence-electron chi connectivity index (χ3n) is 10.1. The van der Waals surface area contributed by atoms with E-state index in [0.29, 0.717) is 55.3 Å². The molecule has 268 valence electrons. The number of pyridine rings is 1. The third kappa shape index (κ3) is 7.73. The van der Waals surface area contributed by atoms with Gasteiger partial charge in [-0.15, -0.1) is 0 Å². The molecule has 2 aromatic heterocycles. The Bertz CT molecular complexity index is 1690. The second kappa shape index (κ2) is 13.9. The largest absolute Gasteiger partial charge is 0.470 e. The Morgan fingerprint density at radius 1 is 0.918 bits per heavy atom. The topological polar surface area (TPSA) is 73.2 Å². The van der Waals surface area contributed by atoms with Gasteiger partial charge in [0.2, 0.25) is 0 Å². The van der Waals surface area contributed by atoms with Gasteiger partial charge in [0.1, 0.15) is 36.3 Å². The van der Waals surface area contributed by atoms with Crippen LogP contribution in [-0.2, 0) is 30.1 Å². The second-order valence-electron chi connectivity index (χ2n) is 16.0. The number of fused-ring (bicyclic) bond motifs is 2. The van der Waals surface area contributed by atoms with E-state index in [9.17, 15) is 0 Å². The number of ether oxygens (including phenoxy) is 5. The van der Waals surface area contributed by atoms with Gasteiger partial charge in [0.25, 0.3) is 0 Å². The molecule has 0 aliphatic carbocycles. The van der Waals surface area contributed by atoms with Crippen molar-refractivity contribution in [3.8, 4) is 17.1 Å². The zero-order valence-corrected chi connectivity index (χ0v) is 31.8. The van der Waals surface area contributed by atoms with E-state index in [2.05, 4.69) is 58.5 Å². The highest BCUT2D eigenvalue weighted by molar-refractivity contribution is 6.76. The molecule has 0 saturated carbocycles. The Balaban J connectivity index is 1.29. The minimum atomic E-state index is -2.07. The molecule has 5 heterocycles. The minimum Gasteiger partial charge on any atom is -0.470 e. The molecule has 3 aliphatic rings. The first-order valence-electron chi connectivity index (χ1n) is 17.1. The van der Waals surface area contributed by atoms with Crippen molar-refractivity contribution in [2.24, 2.45) is 0 Å². The zero-order chi connectivity index (χ0) is 35.3. The molecular formula is C36H49F3N2O6Si2. The maximum Gasteiger partial charge on any atom is 0.198 e. The van der Waals surface area contributed by atoms with E-state index in [4.69, 9.17) is 28.1 Å². The maximum atomic E-state index is 15.8. The molecule has 13 heteroatoms. The Morgan fingerprint density at radius 3 is 2.22 bits per heavy atom. The number of halogens is 3. The van der Waals surface area contributed by atoms with E-state index >= 15 is 13.2 Å². The van der Waals surface area contributed by atoms with Gasteiger partial charge < -0.3 is 28.1 Å². The van der Waals surface area contributed by atoms with Gasteiger partial charge in [-0.1, -0.05) is 46.5 Å². The number of benzene rings is 1. The zero-order valence-electron chi connectivity index (χ0n) is 29.8. The van der Waals surface area contributed by atoms with Crippen molar-refractivity contribution in [2.75, 3.05) is 33.0 Å². The van der Waals surface area contributed by atoms with Crippen LogP contribution in [0.1, 0.15) is 32.8 Å². The lowest BCUT2D eigenvalue weighted by Crippen LogP contribution is -2.47. The van der Waals surface area contributed by atoms with Crippen LogP contribution >= 0.6 is 0 Å². The SMILES string of the molecule is CC(C)(C)[Si](C)(C)O[C@@H]1CO[C@H]2[C@@H]1OC[C@H]2Oc1cc2nc(-c3c(F)cc(C4=CCOCC4)cc3F)c(F)cc2n1COCC[Si](C)(C)C. The van der Waals surface area contributed by atoms with Crippen LogP contribution in [-0.4, -0.2) is 83.4 Å². The van der Waals surface area contributed by atoms with Gasteiger partial charge in [0, 0.05) is 26.8 Å². The summed E-state index contributed by atoms with van der Waals surface area (Å²) in [5, 5.41) is 0.0351. The average Bonchev–Trinajstić information content (AvgIpc) is 3.69. The van der Waals surface area contributed by atoms with Gasteiger partial charge in [-0.25, -0.2) is 18.2 Å². The molecule has 49 heavy (non-hydrogen) atoms.